The summed E-state index contributed by atoms with van der Waals surface area (Å²) in [6.07, 6.45) is -3.46. The number of methoxy groups -OCH3 is 3. The molecule has 0 aliphatic carbocycles. The Morgan fingerprint density at radius 1 is 1.06 bits per heavy atom. The number of sulfone groups is 1. The lowest BCUT2D eigenvalue weighted by atomic mass is 9.94. The van der Waals surface area contributed by atoms with E-state index in [2.05, 4.69) is 5.32 Å². The van der Waals surface area contributed by atoms with Crippen molar-refractivity contribution in [2.45, 2.75) is 25.4 Å². The zero-order valence-electron chi connectivity index (χ0n) is 19.6. The molecule has 0 bridgehead atoms. The van der Waals surface area contributed by atoms with Crippen molar-refractivity contribution in [2.24, 2.45) is 0 Å². The van der Waals surface area contributed by atoms with Crippen LogP contribution in [0.4, 0.5) is 13.2 Å². The maximum absolute atomic E-state index is 13.2. The van der Waals surface area contributed by atoms with Crippen LogP contribution >= 0.6 is 0 Å². The quantitative estimate of drug-likeness (QED) is 0.527. The summed E-state index contributed by atoms with van der Waals surface area (Å²) in [7, 11) is 0.884. The number of halogens is 3. The second kappa shape index (κ2) is 11.0. The Bertz CT molecular complexity index is 1130. The molecule has 2 rings (SSSR count). The van der Waals surface area contributed by atoms with Crippen molar-refractivity contribution in [3.8, 4) is 17.2 Å². The average molecular weight is 504 g/mol. The van der Waals surface area contributed by atoms with Crippen LogP contribution in [-0.2, 0) is 16.0 Å². The summed E-state index contributed by atoms with van der Waals surface area (Å²) in [6.45, 7) is 1.58. The normalized spacial score (nSPS) is 12.7. The Morgan fingerprint density at radius 2 is 1.71 bits per heavy atom. The van der Waals surface area contributed by atoms with Gasteiger partial charge in [-0.3, -0.25) is 4.79 Å². The monoisotopic (exact) mass is 503 g/mol. The number of ether oxygens (including phenoxy) is 3. The zero-order valence-corrected chi connectivity index (χ0v) is 20.4. The minimum Gasteiger partial charge on any atom is -0.493 e. The molecule has 1 unspecified atom stereocenters. The Balaban J connectivity index is 2.36. The van der Waals surface area contributed by atoms with Crippen LogP contribution in [0.3, 0.4) is 0 Å². The van der Waals surface area contributed by atoms with Crippen LogP contribution in [0.15, 0.2) is 30.3 Å². The Morgan fingerprint density at radius 3 is 2.24 bits per heavy atom. The molecule has 0 radical (unpaired) electrons. The van der Waals surface area contributed by atoms with Crippen LogP contribution in [0, 0.1) is 6.92 Å². The fraction of sp³-hybridized carbons (Fsp3) is 0.435. The Kier molecular flexibility index (Phi) is 8.82. The van der Waals surface area contributed by atoms with E-state index in [9.17, 15) is 26.4 Å². The topological polar surface area (TPSA) is 90.9 Å². The zero-order chi connectivity index (χ0) is 25.7. The summed E-state index contributed by atoms with van der Waals surface area (Å²) >= 11 is 0. The van der Waals surface area contributed by atoms with Gasteiger partial charge in [0.2, 0.25) is 5.75 Å². The third kappa shape index (κ3) is 6.78. The largest absolute Gasteiger partial charge is 0.493 e. The van der Waals surface area contributed by atoms with Gasteiger partial charge in [-0.2, -0.15) is 13.2 Å². The van der Waals surface area contributed by atoms with Gasteiger partial charge in [-0.15, -0.1) is 0 Å². The van der Waals surface area contributed by atoms with Gasteiger partial charge < -0.3 is 19.5 Å². The highest BCUT2D eigenvalue weighted by Gasteiger charge is 2.31. The lowest BCUT2D eigenvalue weighted by Crippen LogP contribution is -2.30. The molecule has 0 aliphatic rings. The highest BCUT2D eigenvalue weighted by atomic mass is 32.2. The van der Waals surface area contributed by atoms with Crippen LogP contribution in [0.5, 0.6) is 17.2 Å². The summed E-state index contributed by atoms with van der Waals surface area (Å²) in [4.78, 5) is 13.0. The van der Waals surface area contributed by atoms with E-state index >= 15 is 0 Å². The van der Waals surface area contributed by atoms with E-state index in [0.29, 0.717) is 17.1 Å². The molecule has 188 valence electrons. The van der Waals surface area contributed by atoms with E-state index in [1.54, 1.807) is 6.92 Å². The van der Waals surface area contributed by atoms with E-state index in [4.69, 9.17) is 14.2 Å². The second-order valence-corrected chi connectivity index (χ2v) is 10.0. The van der Waals surface area contributed by atoms with Crippen molar-refractivity contribution in [2.75, 3.05) is 39.9 Å². The van der Waals surface area contributed by atoms with Gasteiger partial charge in [0.05, 0.1) is 32.6 Å². The van der Waals surface area contributed by atoms with Crippen LogP contribution < -0.4 is 19.5 Å². The number of carbonyl (C=O) groups is 1. The molecule has 2 aromatic carbocycles. The number of hydrogen-bond donors (Lipinski definition) is 1. The summed E-state index contributed by atoms with van der Waals surface area (Å²) in [6, 6.07) is 6.14. The number of hydrogen-bond acceptors (Lipinski definition) is 6. The van der Waals surface area contributed by atoms with E-state index in [1.165, 1.54) is 39.5 Å². The second-order valence-electron chi connectivity index (χ2n) is 7.77. The van der Waals surface area contributed by atoms with Gasteiger partial charge >= 0.3 is 6.18 Å². The highest BCUT2D eigenvalue weighted by molar-refractivity contribution is 7.90. The predicted octanol–water partition coefficient (Wildman–Crippen LogP) is 3.99. The van der Waals surface area contributed by atoms with Crippen LogP contribution in [0.1, 0.15) is 39.4 Å². The molecule has 34 heavy (non-hydrogen) atoms. The SMILES string of the molecule is COc1cc(C(=O)NCC(CCS(C)(=O)=O)c2cccc(C(F)(F)F)c2)c(C)c(OC)c1OC. The summed E-state index contributed by atoms with van der Waals surface area (Å²) in [5.41, 5.74) is 0.131. The van der Waals surface area contributed by atoms with Crippen LogP contribution in [0.2, 0.25) is 0 Å². The number of alkyl halides is 3. The predicted molar refractivity (Wildman–Crippen MR) is 122 cm³/mol. The first-order chi connectivity index (χ1) is 15.8. The van der Waals surface area contributed by atoms with Gasteiger partial charge in [-0.1, -0.05) is 18.2 Å². The van der Waals surface area contributed by atoms with Crippen molar-refractivity contribution in [1.82, 2.24) is 5.32 Å². The van der Waals surface area contributed by atoms with Gasteiger partial charge in [-0.05, 0) is 31.0 Å². The molecule has 2 aromatic rings. The molecule has 0 saturated carbocycles. The van der Waals surface area contributed by atoms with E-state index < -0.39 is 33.4 Å². The minimum absolute atomic E-state index is 0.0364. The summed E-state index contributed by atoms with van der Waals surface area (Å²) in [5, 5.41) is 2.71. The third-order valence-electron chi connectivity index (χ3n) is 5.35. The van der Waals surface area contributed by atoms with Crippen molar-refractivity contribution in [1.29, 1.82) is 0 Å². The standard InChI is InChI=1S/C23H28F3NO6S/c1-14-18(12-19(31-2)21(33-4)20(14)32-3)22(28)27-13-16(9-10-34(5,29)30)15-7-6-8-17(11-15)23(24,25)26/h6-8,11-12,16H,9-10,13H2,1-5H3,(H,27,28). The Hall–Kier alpha value is -2.95. The molecule has 11 heteroatoms. The minimum atomic E-state index is -4.55. The van der Waals surface area contributed by atoms with Crippen LogP contribution in [-0.4, -0.2) is 54.2 Å². The third-order valence-corrected chi connectivity index (χ3v) is 6.33. The number of rotatable bonds is 10. The molecule has 0 heterocycles. The number of benzene rings is 2. The Labute approximate surface area is 197 Å². The lowest BCUT2D eigenvalue weighted by molar-refractivity contribution is -0.137. The lowest BCUT2D eigenvalue weighted by Gasteiger charge is -2.21. The highest BCUT2D eigenvalue weighted by Crippen LogP contribution is 2.41. The summed E-state index contributed by atoms with van der Waals surface area (Å²) in [5.74, 6) is -0.543. The smallest absolute Gasteiger partial charge is 0.416 e. The fourth-order valence-electron chi connectivity index (χ4n) is 3.56. The first kappa shape index (κ1) is 27.3. The summed E-state index contributed by atoms with van der Waals surface area (Å²) < 4.78 is 78.9. The number of nitrogens with one attached hydrogen (secondary N) is 1. The van der Waals surface area contributed by atoms with Crippen molar-refractivity contribution < 1.29 is 40.6 Å². The van der Waals surface area contributed by atoms with Crippen LogP contribution in [0.25, 0.3) is 0 Å². The van der Waals surface area contributed by atoms with Gasteiger partial charge in [-0.25, -0.2) is 8.42 Å². The van der Waals surface area contributed by atoms with E-state index in [1.807, 2.05) is 0 Å². The van der Waals surface area contributed by atoms with E-state index in [0.717, 1.165) is 18.4 Å². The van der Waals surface area contributed by atoms with Gasteiger partial charge in [0.15, 0.2) is 11.5 Å². The van der Waals surface area contributed by atoms with Gasteiger partial charge in [0.25, 0.3) is 5.91 Å². The molecule has 0 aromatic heterocycles. The molecule has 0 spiro atoms. The first-order valence-corrected chi connectivity index (χ1v) is 12.3. The van der Waals surface area contributed by atoms with Crippen molar-refractivity contribution >= 4 is 15.7 Å². The molecule has 1 atom stereocenters. The number of carbonyl (C=O) groups excluding carboxylic acids is 1. The van der Waals surface area contributed by atoms with E-state index in [-0.39, 0.29) is 35.6 Å². The molecule has 1 amide bonds. The first-order valence-electron chi connectivity index (χ1n) is 10.2. The molecule has 0 aliphatic heterocycles. The molecule has 7 nitrogen and oxygen atoms in total. The molecule has 0 saturated heterocycles. The molecular formula is C23H28F3NO6S. The molecule has 0 fully saturated rings. The van der Waals surface area contributed by atoms with Gasteiger partial charge in [0, 0.05) is 29.8 Å². The fourth-order valence-corrected chi connectivity index (χ4v) is 4.27. The maximum Gasteiger partial charge on any atom is 0.416 e. The average Bonchev–Trinajstić information content (AvgIpc) is 2.77. The van der Waals surface area contributed by atoms with Crippen molar-refractivity contribution in [3.05, 3.63) is 52.6 Å². The van der Waals surface area contributed by atoms with Crippen molar-refractivity contribution in [3.63, 3.8) is 0 Å². The van der Waals surface area contributed by atoms with Gasteiger partial charge in [0.1, 0.15) is 9.84 Å². The number of amides is 1. The molecular weight excluding hydrogens is 475 g/mol. The maximum atomic E-state index is 13.2. The molecule has 1 N–H and O–H groups in total.